The number of alkyl halides is 3. The van der Waals surface area contributed by atoms with E-state index in [1.165, 1.54) is 0 Å². The number of nitrogens with one attached hydrogen (secondary N) is 1. The van der Waals surface area contributed by atoms with Crippen LogP contribution in [-0.2, 0) is 30.1 Å². The predicted molar refractivity (Wildman–Crippen MR) is 110 cm³/mol. The molecule has 3 heterocycles. The van der Waals surface area contributed by atoms with Crippen LogP contribution in [-0.4, -0.2) is 59.2 Å². The highest BCUT2D eigenvalue weighted by atomic mass is 35.5. The molecule has 1 N–H and O–H groups in total. The van der Waals surface area contributed by atoms with Gasteiger partial charge in [-0.05, 0) is 25.3 Å². The number of hydrogen-bond donors (Lipinski definition) is 1. The van der Waals surface area contributed by atoms with E-state index in [1.54, 1.807) is 6.92 Å². The zero-order valence-electron chi connectivity index (χ0n) is 17.8. The largest absolute Gasteiger partial charge is 0.461 e. The van der Waals surface area contributed by atoms with Crippen LogP contribution < -0.4 is 5.32 Å². The van der Waals surface area contributed by atoms with Gasteiger partial charge < -0.3 is 14.9 Å². The number of likely N-dealkylation sites (tertiary alicyclic amines) is 1. The normalized spacial score (nSPS) is 31.3. The number of aromatic nitrogens is 1. The predicted octanol–water partition coefficient (Wildman–Crippen LogP) is 2.35. The summed E-state index contributed by atoms with van der Waals surface area (Å²) in [6.07, 6.45) is -3.75. The maximum absolute atomic E-state index is 13.2. The third-order valence-corrected chi connectivity index (χ3v) is 7.35. The van der Waals surface area contributed by atoms with Gasteiger partial charge in [0, 0.05) is 25.2 Å². The Morgan fingerprint density at radius 3 is 2.62 bits per heavy atom. The summed E-state index contributed by atoms with van der Waals surface area (Å²) in [4.78, 5) is 48.8. The van der Waals surface area contributed by atoms with Crippen molar-refractivity contribution in [2.45, 2.75) is 25.6 Å². The lowest BCUT2D eigenvalue weighted by atomic mass is 9.72. The Hall–Kier alpha value is -2.89. The maximum Gasteiger partial charge on any atom is 0.417 e. The van der Waals surface area contributed by atoms with Gasteiger partial charge in [0.1, 0.15) is 11.9 Å². The molecule has 4 aliphatic rings. The van der Waals surface area contributed by atoms with Gasteiger partial charge in [-0.3, -0.25) is 14.5 Å². The van der Waals surface area contributed by atoms with E-state index >= 15 is 0 Å². The summed E-state index contributed by atoms with van der Waals surface area (Å²) in [6.45, 7) is 1.92. The molecule has 2 bridgehead atoms. The van der Waals surface area contributed by atoms with Crippen molar-refractivity contribution in [3.63, 3.8) is 0 Å². The standard InChI is InChI=1S/C21H20ClF3N4O5/c1-2-33-20(32)15-14-9-6-10(16(14)34-28-15)13-12(9)18(30)29(19(13)31)4-3-26-17-11(22)5-8(7-27-17)21(23,24)25/h5,7,9-10,12-14,16H,2-4,6H2,1H3,(H,26,27)/t9-,10+,12-,13-,14-,16-/m1/s1. The van der Waals surface area contributed by atoms with Crippen LogP contribution >= 0.6 is 11.6 Å². The van der Waals surface area contributed by atoms with Crippen LogP contribution in [0.2, 0.25) is 5.02 Å². The summed E-state index contributed by atoms with van der Waals surface area (Å²) in [7, 11) is 0. The molecule has 1 aromatic heterocycles. The van der Waals surface area contributed by atoms with Gasteiger partial charge in [0.2, 0.25) is 11.8 Å². The Labute approximate surface area is 196 Å². The van der Waals surface area contributed by atoms with Gasteiger partial charge in [-0.25, -0.2) is 9.78 Å². The van der Waals surface area contributed by atoms with E-state index in [1.807, 2.05) is 0 Å². The summed E-state index contributed by atoms with van der Waals surface area (Å²) in [5.74, 6) is -3.15. The van der Waals surface area contributed by atoms with E-state index in [-0.39, 0.29) is 65.8 Å². The third-order valence-electron chi connectivity index (χ3n) is 7.06. The molecule has 1 saturated heterocycles. The lowest BCUT2D eigenvalue weighted by molar-refractivity contribution is -0.141. The topological polar surface area (TPSA) is 110 Å². The molecule has 2 amide bonds. The second kappa shape index (κ2) is 8.10. The van der Waals surface area contributed by atoms with Gasteiger partial charge in [0.15, 0.2) is 5.71 Å². The molecule has 2 aliphatic heterocycles. The summed E-state index contributed by atoms with van der Waals surface area (Å²) < 4.78 is 43.4. The molecule has 9 nitrogen and oxygen atoms in total. The number of nitrogens with zero attached hydrogens (tertiary/aromatic N) is 3. The number of halogens is 4. The number of esters is 1. The highest BCUT2D eigenvalue weighted by Gasteiger charge is 2.70. The van der Waals surface area contributed by atoms with Gasteiger partial charge in [0.25, 0.3) is 0 Å². The maximum atomic E-state index is 13.2. The van der Waals surface area contributed by atoms with Crippen LogP contribution in [0.4, 0.5) is 19.0 Å². The molecule has 0 unspecified atom stereocenters. The molecule has 6 atom stereocenters. The van der Waals surface area contributed by atoms with E-state index in [2.05, 4.69) is 15.5 Å². The first kappa shape index (κ1) is 22.9. The molecule has 1 aromatic rings. The van der Waals surface area contributed by atoms with Gasteiger partial charge in [0.05, 0.1) is 34.9 Å². The van der Waals surface area contributed by atoms with Crippen LogP contribution in [0.1, 0.15) is 18.9 Å². The van der Waals surface area contributed by atoms with Crippen LogP contribution in [0, 0.1) is 29.6 Å². The van der Waals surface area contributed by atoms with Crippen molar-refractivity contribution in [2.75, 3.05) is 25.0 Å². The Morgan fingerprint density at radius 1 is 1.26 bits per heavy atom. The SMILES string of the molecule is CCOC(=O)C1=NO[C@@H]2[C@H]3C[C@H]([C@H]4C(=O)N(CCNc5ncc(C(F)(F)F)cc5Cl)C(=O)[C@H]34)[C@H]12. The van der Waals surface area contributed by atoms with Gasteiger partial charge in [-0.15, -0.1) is 0 Å². The fourth-order valence-electron chi connectivity index (χ4n) is 5.79. The van der Waals surface area contributed by atoms with Gasteiger partial charge in [-0.1, -0.05) is 16.8 Å². The zero-order chi connectivity index (χ0) is 24.4. The average Bonchev–Trinajstić information content (AvgIpc) is 3.50. The Morgan fingerprint density at radius 2 is 1.97 bits per heavy atom. The number of amides is 2. The molecule has 2 saturated carbocycles. The Balaban J connectivity index is 1.25. The summed E-state index contributed by atoms with van der Waals surface area (Å²) in [5, 5.41) is 6.45. The highest BCUT2D eigenvalue weighted by molar-refractivity contribution is 6.38. The monoisotopic (exact) mass is 500 g/mol. The van der Waals surface area contributed by atoms with Crippen molar-refractivity contribution in [3.8, 4) is 0 Å². The number of pyridine rings is 1. The lowest BCUT2D eigenvalue weighted by Gasteiger charge is -2.29. The minimum absolute atomic E-state index is 0.00183. The molecular formula is C21H20ClF3N4O5. The molecular weight excluding hydrogens is 481 g/mol. The molecule has 3 fully saturated rings. The number of rotatable bonds is 6. The van der Waals surface area contributed by atoms with Crippen LogP contribution in [0.5, 0.6) is 0 Å². The Kier molecular flexibility index (Phi) is 5.45. The summed E-state index contributed by atoms with van der Waals surface area (Å²) >= 11 is 5.89. The van der Waals surface area contributed by atoms with Crippen LogP contribution in [0.3, 0.4) is 0 Å². The number of ether oxygens (including phenoxy) is 1. The average molecular weight is 501 g/mol. The Bertz CT molecular complexity index is 1100. The zero-order valence-corrected chi connectivity index (χ0v) is 18.6. The first-order valence-electron chi connectivity index (χ1n) is 10.9. The van der Waals surface area contributed by atoms with Crippen molar-refractivity contribution in [1.29, 1.82) is 0 Å². The third kappa shape index (κ3) is 3.41. The molecule has 2 aliphatic carbocycles. The van der Waals surface area contributed by atoms with Crippen LogP contribution in [0.15, 0.2) is 17.4 Å². The minimum Gasteiger partial charge on any atom is -0.461 e. The fraction of sp³-hybridized carbons (Fsp3) is 0.571. The molecule has 13 heteroatoms. The fourth-order valence-corrected chi connectivity index (χ4v) is 6.02. The number of carbonyl (C=O) groups excluding carboxylic acids is 3. The molecule has 0 aromatic carbocycles. The molecule has 5 rings (SSSR count). The molecule has 0 radical (unpaired) electrons. The van der Waals surface area contributed by atoms with E-state index in [9.17, 15) is 27.6 Å². The summed E-state index contributed by atoms with van der Waals surface area (Å²) in [6, 6.07) is 0.757. The van der Waals surface area contributed by atoms with E-state index in [4.69, 9.17) is 21.2 Å². The number of hydrogen-bond acceptors (Lipinski definition) is 8. The lowest BCUT2D eigenvalue weighted by Crippen LogP contribution is -2.42. The molecule has 182 valence electrons. The molecule has 34 heavy (non-hydrogen) atoms. The number of oxime groups is 1. The van der Waals surface area contributed by atoms with Crippen molar-refractivity contribution in [2.24, 2.45) is 34.7 Å². The van der Waals surface area contributed by atoms with Crippen molar-refractivity contribution < 1.29 is 37.1 Å². The van der Waals surface area contributed by atoms with Crippen molar-refractivity contribution >= 4 is 40.9 Å². The smallest absolute Gasteiger partial charge is 0.417 e. The van der Waals surface area contributed by atoms with Gasteiger partial charge >= 0.3 is 12.1 Å². The number of imide groups is 1. The van der Waals surface area contributed by atoms with Crippen LogP contribution in [0.25, 0.3) is 0 Å². The van der Waals surface area contributed by atoms with Crippen molar-refractivity contribution in [1.82, 2.24) is 9.88 Å². The van der Waals surface area contributed by atoms with Gasteiger partial charge in [-0.2, -0.15) is 13.2 Å². The quantitative estimate of drug-likeness (QED) is 0.471. The number of fused-ring (bicyclic) bond motifs is 8. The second-order valence-electron chi connectivity index (χ2n) is 8.71. The van der Waals surface area contributed by atoms with Crippen molar-refractivity contribution in [3.05, 3.63) is 22.8 Å². The van der Waals surface area contributed by atoms with E-state index in [0.29, 0.717) is 12.6 Å². The first-order valence-corrected chi connectivity index (χ1v) is 11.2. The highest BCUT2D eigenvalue weighted by Crippen LogP contribution is 2.61. The second-order valence-corrected chi connectivity index (χ2v) is 9.12. The minimum atomic E-state index is -4.57. The number of anilines is 1. The summed E-state index contributed by atoms with van der Waals surface area (Å²) in [5.41, 5.74) is -0.809. The first-order chi connectivity index (χ1) is 16.1. The van der Waals surface area contributed by atoms with E-state index < -0.39 is 35.6 Å². The molecule has 0 spiro atoms. The number of carbonyl (C=O) groups is 3. The van der Waals surface area contributed by atoms with E-state index in [0.717, 1.165) is 11.0 Å².